The number of rotatable bonds is 8. The van der Waals surface area contributed by atoms with Crippen molar-refractivity contribution in [1.82, 2.24) is 5.48 Å². The molecule has 0 heterocycles. The Kier molecular flexibility index (Phi) is 7.31. The third kappa shape index (κ3) is 6.31. The highest BCUT2D eigenvalue weighted by molar-refractivity contribution is 5.94. The lowest BCUT2D eigenvalue weighted by molar-refractivity contribution is -0.129. The molecule has 0 saturated carbocycles. The van der Waals surface area contributed by atoms with E-state index >= 15 is 0 Å². The molecule has 6 nitrogen and oxygen atoms in total. The van der Waals surface area contributed by atoms with Crippen molar-refractivity contribution < 1.29 is 14.8 Å². The molecule has 1 atom stereocenters. The second-order valence-corrected chi connectivity index (χ2v) is 4.60. The van der Waals surface area contributed by atoms with Crippen LogP contribution in [0.2, 0.25) is 0 Å². The van der Waals surface area contributed by atoms with Gasteiger partial charge >= 0.3 is 0 Å². The molecule has 1 aromatic rings. The van der Waals surface area contributed by atoms with Crippen LogP contribution in [0.1, 0.15) is 32.1 Å². The zero-order valence-corrected chi connectivity index (χ0v) is 11.3. The minimum absolute atomic E-state index is 0.204. The molecule has 0 saturated heterocycles. The van der Waals surface area contributed by atoms with Crippen molar-refractivity contribution in [2.45, 2.75) is 38.1 Å². The van der Waals surface area contributed by atoms with Crippen LogP contribution in [0, 0.1) is 0 Å². The highest BCUT2D eigenvalue weighted by Crippen LogP contribution is 2.08. The quantitative estimate of drug-likeness (QED) is 0.328. The van der Waals surface area contributed by atoms with Crippen LogP contribution in [0.25, 0.3) is 0 Å². The van der Waals surface area contributed by atoms with Crippen molar-refractivity contribution in [3.8, 4) is 0 Å². The van der Waals surface area contributed by atoms with Crippen LogP contribution in [0.15, 0.2) is 30.3 Å². The topological polar surface area (TPSA) is 104 Å². The van der Waals surface area contributed by atoms with Gasteiger partial charge in [-0.15, -0.1) is 0 Å². The Labute approximate surface area is 118 Å². The van der Waals surface area contributed by atoms with Gasteiger partial charge < -0.3 is 11.1 Å². The van der Waals surface area contributed by atoms with Gasteiger partial charge in [0, 0.05) is 12.1 Å². The molecular formula is C14H21N3O3. The summed E-state index contributed by atoms with van der Waals surface area (Å²) in [4.78, 5) is 22.6. The van der Waals surface area contributed by atoms with Crippen molar-refractivity contribution in [3.05, 3.63) is 30.3 Å². The maximum Gasteiger partial charge on any atom is 0.243 e. The van der Waals surface area contributed by atoms with Gasteiger partial charge in [-0.2, -0.15) is 0 Å². The van der Waals surface area contributed by atoms with Crippen molar-refractivity contribution >= 4 is 17.5 Å². The predicted octanol–water partition coefficient (Wildman–Crippen LogP) is 1.41. The first-order chi connectivity index (χ1) is 9.63. The highest BCUT2D eigenvalue weighted by atomic mass is 16.5. The molecule has 6 heteroatoms. The number of amides is 2. The van der Waals surface area contributed by atoms with E-state index in [0.29, 0.717) is 12.8 Å². The number of carbonyl (C=O) groups excluding carboxylic acids is 2. The molecule has 110 valence electrons. The molecule has 0 radical (unpaired) electrons. The van der Waals surface area contributed by atoms with Crippen LogP contribution in [0.5, 0.6) is 0 Å². The molecule has 0 fully saturated rings. The number of nitrogens with two attached hydrogens (primary N) is 1. The lowest BCUT2D eigenvalue weighted by atomic mass is 10.1. The van der Waals surface area contributed by atoms with Gasteiger partial charge in [-0.3, -0.25) is 14.8 Å². The number of anilines is 1. The molecule has 1 unspecified atom stereocenters. The number of hydrogen-bond donors (Lipinski definition) is 4. The summed E-state index contributed by atoms with van der Waals surface area (Å²) in [7, 11) is 0. The zero-order chi connectivity index (χ0) is 14.8. The largest absolute Gasteiger partial charge is 0.325 e. The Hall–Kier alpha value is -1.92. The molecule has 2 amide bonds. The van der Waals surface area contributed by atoms with Crippen LogP contribution >= 0.6 is 0 Å². The standard InChI is InChI=1S/C14H21N3O3/c15-12(9-5-2-6-10-13(18)17-20)14(19)16-11-7-3-1-4-8-11/h1,3-4,7-8,12,20H,2,5-6,9-10,15H2,(H,16,19)(H,17,18). The third-order valence-corrected chi connectivity index (χ3v) is 2.92. The van der Waals surface area contributed by atoms with Gasteiger partial charge in [-0.25, -0.2) is 5.48 Å². The number of carbonyl (C=O) groups is 2. The van der Waals surface area contributed by atoms with E-state index in [1.807, 2.05) is 18.2 Å². The molecule has 1 aromatic carbocycles. The number of benzene rings is 1. The summed E-state index contributed by atoms with van der Waals surface area (Å²) >= 11 is 0. The minimum Gasteiger partial charge on any atom is -0.325 e. The summed E-state index contributed by atoms with van der Waals surface area (Å²) < 4.78 is 0. The average molecular weight is 279 g/mol. The summed E-state index contributed by atoms with van der Waals surface area (Å²) in [6.07, 6.45) is 3.07. The molecule has 0 bridgehead atoms. The summed E-state index contributed by atoms with van der Waals surface area (Å²) in [6.45, 7) is 0. The molecule has 0 aromatic heterocycles. The van der Waals surface area contributed by atoms with Gasteiger partial charge in [-0.1, -0.05) is 31.0 Å². The molecule has 0 aliphatic carbocycles. The van der Waals surface area contributed by atoms with E-state index in [0.717, 1.165) is 18.5 Å². The number of unbranched alkanes of at least 4 members (excludes halogenated alkanes) is 2. The Bertz CT molecular complexity index is 423. The number of hydrogen-bond acceptors (Lipinski definition) is 4. The molecule has 0 aliphatic heterocycles. The fourth-order valence-electron chi connectivity index (χ4n) is 1.77. The van der Waals surface area contributed by atoms with Crippen molar-refractivity contribution in [2.75, 3.05) is 5.32 Å². The fourth-order valence-corrected chi connectivity index (χ4v) is 1.77. The van der Waals surface area contributed by atoms with Gasteiger partial charge in [0.05, 0.1) is 6.04 Å². The Balaban J connectivity index is 2.17. The fraction of sp³-hybridized carbons (Fsp3) is 0.429. The van der Waals surface area contributed by atoms with E-state index in [1.165, 1.54) is 0 Å². The zero-order valence-electron chi connectivity index (χ0n) is 11.3. The van der Waals surface area contributed by atoms with Crippen LogP contribution in [0.3, 0.4) is 0 Å². The van der Waals surface area contributed by atoms with Gasteiger partial charge in [0.1, 0.15) is 0 Å². The first-order valence-electron chi connectivity index (χ1n) is 6.68. The third-order valence-electron chi connectivity index (χ3n) is 2.92. The lowest BCUT2D eigenvalue weighted by Crippen LogP contribution is -2.35. The van der Waals surface area contributed by atoms with Crippen LogP contribution < -0.4 is 16.5 Å². The van der Waals surface area contributed by atoms with Crippen LogP contribution in [-0.2, 0) is 9.59 Å². The summed E-state index contributed by atoms with van der Waals surface area (Å²) in [6, 6.07) is 8.61. The second-order valence-electron chi connectivity index (χ2n) is 4.60. The van der Waals surface area contributed by atoms with Crippen molar-refractivity contribution in [2.24, 2.45) is 5.73 Å². The van der Waals surface area contributed by atoms with Gasteiger partial charge in [0.15, 0.2) is 0 Å². The number of hydroxylamine groups is 1. The smallest absolute Gasteiger partial charge is 0.243 e. The van der Waals surface area contributed by atoms with Crippen LogP contribution in [0.4, 0.5) is 5.69 Å². The molecule has 5 N–H and O–H groups in total. The highest BCUT2D eigenvalue weighted by Gasteiger charge is 2.12. The predicted molar refractivity (Wildman–Crippen MR) is 76.1 cm³/mol. The molecule has 1 rings (SSSR count). The first kappa shape index (κ1) is 16.1. The van der Waals surface area contributed by atoms with Gasteiger partial charge in [0.2, 0.25) is 11.8 Å². The molecule has 0 aliphatic rings. The lowest BCUT2D eigenvalue weighted by Gasteiger charge is -2.12. The number of para-hydroxylation sites is 1. The van der Waals surface area contributed by atoms with Gasteiger partial charge in [0.25, 0.3) is 0 Å². The first-order valence-corrected chi connectivity index (χ1v) is 6.68. The van der Waals surface area contributed by atoms with E-state index in [2.05, 4.69) is 5.32 Å². The second kappa shape index (κ2) is 9.06. The Morgan fingerprint density at radius 2 is 1.85 bits per heavy atom. The maximum absolute atomic E-state index is 11.8. The van der Waals surface area contributed by atoms with E-state index in [4.69, 9.17) is 10.9 Å². The van der Waals surface area contributed by atoms with E-state index in [1.54, 1.807) is 17.6 Å². The minimum atomic E-state index is -0.554. The molecular weight excluding hydrogens is 258 g/mol. The van der Waals surface area contributed by atoms with Crippen molar-refractivity contribution in [1.29, 1.82) is 0 Å². The van der Waals surface area contributed by atoms with Crippen molar-refractivity contribution in [3.63, 3.8) is 0 Å². The monoisotopic (exact) mass is 279 g/mol. The number of nitrogens with one attached hydrogen (secondary N) is 2. The average Bonchev–Trinajstić information content (AvgIpc) is 2.47. The molecule has 0 spiro atoms. The maximum atomic E-state index is 11.8. The normalized spacial score (nSPS) is 11.7. The summed E-state index contributed by atoms with van der Waals surface area (Å²) in [5.74, 6) is -0.597. The van der Waals surface area contributed by atoms with Crippen LogP contribution in [-0.4, -0.2) is 23.1 Å². The summed E-state index contributed by atoms with van der Waals surface area (Å²) in [5, 5.41) is 11.1. The van der Waals surface area contributed by atoms with E-state index in [-0.39, 0.29) is 12.3 Å². The van der Waals surface area contributed by atoms with E-state index in [9.17, 15) is 9.59 Å². The van der Waals surface area contributed by atoms with E-state index < -0.39 is 11.9 Å². The molecule has 20 heavy (non-hydrogen) atoms. The Morgan fingerprint density at radius 3 is 2.50 bits per heavy atom. The Morgan fingerprint density at radius 1 is 1.15 bits per heavy atom. The van der Waals surface area contributed by atoms with Gasteiger partial charge in [-0.05, 0) is 25.0 Å². The summed E-state index contributed by atoms with van der Waals surface area (Å²) in [5.41, 5.74) is 8.11. The SMILES string of the molecule is NC(CCCCCC(=O)NO)C(=O)Nc1ccccc1.